The number of anilines is 1. The number of carboxylic acid groups (broad SMARTS) is 1. The van der Waals surface area contributed by atoms with Gasteiger partial charge in [0.1, 0.15) is 5.82 Å². The Labute approximate surface area is 120 Å². The number of carboxylic acids is 1. The maximum Gasteiger partial charge on any atom is 0.317 e. The Kier molecular flexibility index (Phi) is 5.79. The maximum atomic E-state index is 13.1. The molecule has 2 amide bonds. The van der Waals surface area contributed by atoms with Crippen molar-refractivity contribution in [2.45, 2.75) is 6.92 Å². The quantitative estimate of drug-likeness (QED) is 0.653. The lowest BCUT2D eigenvalue weighted by Gasteiger charge is -2.18. The molecule has 0 spiro atoms. The van der Waals surface area contributed by atoms with E-state index in [1.165, 1.54) is 12.1 Å². The number of benzene rings is 1. The van der Waals surface area contributed by atoms with Gasteiger partial charge in [-0.3, -0.25) is 19.3 Å². The van der Waals surface area contributed by atoms with E-state index in [1.54, 1.807) is 6.92 Å². The Morgan fingerprint density at radius 2 is 1.95 bits per heavy atom. The summed E-state index contributed by atoms with van der Waals surface area (Å²) in [7, 11) is 0. The first-order valence-electron chi connectivity index (χ1n) is 6.06. The Morgan fingerprint density at radius 1 is 1.29 bits per heavy atom. The number of hydrogen-bond acceptors (Lipinski definition) is 4. The van der Waals surface area contributed by atoms with Crippen molar-refractivity contribution in [3.05, 3.63) is 29.6 Å². The zero-order chi connectivity index (χ0) is 16.0. The molecule has 7 nitrogen and oxygen atoms in total. The first-order valence-corrected chi connectivity index (χ1v) is 6.06. The summed E-state index contributed by atoms with van der Waals surface area (Å²) < 4.78 is 13.1. The zero-order valence-corrected chi connectivity index (χ0v) is 11.4. The lowest BCUT2D eigenvalue weighted by atomic mass is 10.2. The van der Waals surface area contributed by atoms with Crippen LogP contribution in [0.2, 0.25) is 0 Å². The summed E-state index contributed by atoms with van der Waals surface area (Å²) in [5, 5.41) is 11.2. The molecule has 21 heavy (non-hydrogen) atoms. The van der Waals surface area contributed by atoms with Gasteiger partial charge in [0.25, 0.3) is 0 Å². The Hall–Kier alpha value is -2.48. The molecule has 114 valence electrons. The Bertz CT molecular complexity index is 546. The van der Waals surface area contributed by atoms with Gasteiger partial charge in [-0.15, -0.1) is 0 Å². The zero-order valence-electron chi connectivity index (χ0n) is 11.4. The summed E-state index contributed by atoms with van der Waals surface area (Å²) in [4.78, 5) is 34.4. The van der Waals surface area contributed by atoms with Gasteiger partial charge in [0.15, 0.2) is 0 Å². The predicted octanol–water partition coefficient (Wildman–Crippen LogP) is -0.0555. The normalized spacial score (nSPS) is 10.4. The van der Waals surface area contributed by atoms with Gasteiger partial charge in [-0.2, -0.15) is 0 Å². The molecule has 0 heterocycles. The Morgan fingerprint density at radius 3 is 2.52 bits per heavy atom. The highest BCUT2D eigenvalue weighted by atomic mass is 19.1. The van der Waals surface area contributed by atoms with E-state index in [0.717, 1.165) is 11.0 Å². The molecule has 0 fully saturated rings. The van der Waals surface area contributed by atoms with Gasteiger partial charge in [-0.05, 0) is 24.6 Å². The van der Waals surface area contributed by atoms with E-state index in [4.69, 9.17) is 10.8 Å². The average molecular weight is 297 g/mol. The number of hydrogen-bond donors (Lipinski definition) is 3. The molecule has 4 N–H and O–H groups in total. The van der Waals surface area contributed by atoms with Crippen LogP contribution in [-0.4, -0.2) is 47.4 Å². The van der Waals surface area contributed by atoms with Crippen molar-refractivity contribution in [1.29, 1.82) is 0 Å². The molecule has 0 unspecified atom stereocenters. The average Bonchev–Trinajstić information content (AvgIpc) is 2.31. The van der Waals surface area contributed by atoms with Crippen molar-refractivity contribution in [1.82, 2.24) is 4.90 Å². The number of nitrogens with two attached hydrogens (primary N) is 1. The second-order valence-corrected chi connectivity index (χ2v) is 4.51. The van der Waals surface area contributed by atoms with Crippen LogP contribution in [0.15, 0.2) is 18.2 Å². The SMILES string of the molecule is Cc1ccc(F)cc1NC(=O)CN(CC(N)=O)CC(=O)O. The van der Waals surface area contributed by atoms with Crippen LogP contribution in [0.25, 0.3) is 0 Å². The van der Waals surface area contributed by atoms with Crippen LogP contribution < -0.4 is 11.1 Å². The lowest BCUT2D eigenvalue weighted by molar-refractivity contribution is -0.138. The first-order chi connectivity index (χ1) is 9.77. The molecule has 0 aliphatic carbocycles. The third-order valence-electron chi connectivity index (χ3n) is 2.58. The number of aliphatic carboxylic acids is 1. The molecule has 0 atom stereocenters. The predicted molar refractivity (Wildman–Crippen MR) is 73.0 cm³/mol. The molecule has 8 heteroatoms. The highest BCUT2D eigenvalue weighted by Gasteiger charge is 2.16. The van der Waals surface area contributed by atoms with Gasteiger partial charge in [0.2, 0.25) is 11.8 Å². The van der Waals surface area contributed by atoms with Crippen molar-refractivity contribution in [3.63, 3.8) is 0 Å². The fourth-order valence-corrected chi connectivity index (χ4v) is 1.70. The number of amides is 2. The third-order valence-corrected chi connectivity index (χ3v) is 2.58. The van der Waals surface area contributed by atoms with Crippen molar-refractivity contribution in [2.75, 3.05) is 25.0 Å². The summed E-state index contributed by atoms with van der Waals surface area (Å²) in [5.41, 5.74) is 5.93. The molecule has 1 aromatic rings. The fourth-order valence-electron chi connectivity index (χ4n) is 1.70. The summed E-state index contributed by atoms with van der Waals surface area (Å²) >= 11 is 0. The minimum Gasteiger partial charge on any atom is -0.480 e. The van der Waals surface area contributed by atoms with Gasteiger partial charge in [0, 0.05) is 5.69 Å². The van der Waals surface area contributed by atoms with E-state index < -0.39 is 30.1 Å². The van der Waals surface area contributed by atoms with E-state index in [0.29, 0.717) is 5.56 Å². The molecule has 0 radical (unpaired) electrons. The number of aryl methyl sites for hydroxylation is 1. The highest BCUT2D eigenvalue weighted by molar-refractivity contribution is 5.93. The van der Waals surface area contributed by atoms with Crippen LogP contribution in [0.1, 0.15) is 5.56 Å². The fraction of sp³-hybridized carbons (Fsp3) is 0.308. The highest BCUT2D eigenvalue weighted by Crippen LogP contribution is 2.15. The maximum absolute atomic E-state index is 13.1. The smallest absolute Gasteiger partial charge is 0.317 e. The second kappa shape index (κ2) is 7.34. The number of nitrogens with zero attached hydrogens (tertiary/aromatic N) is 1. The number of rotatable bonds is 7. The summed E-state index contributed by atoms with van der Waals surface area (Å²) in [5.74, 6) is -3.00. The van der Waals surface area contributed by atoms with Gasteiger partial charge < -0.3 is 16.2 Å². The lowest BCUT2D eigenvalue weighted by Crippen LogP contribution is -2.41. The largest absolute Gasteiger partial charge is 0.480 e. The molecule has 0 bridgehead atoms. The molecule has 0 saturated heterocycles. The van der Waals surface area contributed by atoms with Gasteiger partial charge in [-0.1, -0.05) is 6.07 Å². The van der Waals surface area contributed by atoms with Crippen LogP contribution in [0.5, 0.6) is 0 Å². The van der Waals surface area contributed by atoms with Crippen LogP contribution >= 0.6 is 0 Å². The number of carbonyl (C=O) groups excluding carboxylic acids is 2. The van der Waals surface area contributed by atoms with E-state index >= 15 is 0 Å². The van der Waals surface area contributed by atoms with Gasteiger partial charge in [-0.25, -0.2) is 4.39 Å². The molecule has 0 saturated carbocycles. The molecular weight excluding hydrogens is 281 g/mol. The molecule has 1 rings (SSSR count). The topological polar surface area (TPSA) is 113 Å². The molecule has 1 aromatic carbocycles. The molecular formula is C13H16FN3O4. The minimum absolute atomic E-state index is 0.286. The van der Waals surface area contributed by atoms with Crippen LogP contribution in [0.4, 0.5) is 10.1 Å². The van der Waals surface area contributed by atoms with Crippen molar-refractivity contribution >= 4 is 23.5 Å². The van der Waals surface area contributed by atoms with E-state index in [1.807, 2.05) is 0 Å². The number of nitrogens with one attached hydrogen (secondary N) is 1. The van der Waals surface area contributed by atoms with Crippen LogP contribution in [0.3, 0.4) is 0 Å². The van der Waals surface area contributed by atoms with Crippen LogP contribution in [0, 0.1) is 12.7 Å². The molecule has 0 aliphatic rings. The van der Waals surface area contributed by atoms with E-state index in [-0.39, 0.29) is 18.8 Å². The standard InChI is InChI=1S/C13H16FN3O4/c1-8-2-3-9(14)4-10(8)16-12(19)6-17(5-11(15)18)7-13(20)21/h2-4H,5-7H2,1H3,(H2,15,18)(H,16,19)(H,20,21). The summed E-state index contributed by atoms with van der Waals surface area (Å²) in [6, 6.07) is 3.92. The van der Waals surface area contributed by atoms with Gasteiger partial charge >= 0.3 is 5.97 Å². The van der Waals surface area contributed by atoms with E-state index in [2.05, 4.69) is 5.32 Å². The monoisotopic (exact) mass is 297 g/mol. The number of carbonyl (C=O) groups is 3. The number of halogens is 1. The molecule has 0 aromatic heterocycles. The van der Waals surface area contributed by atoms with Crippen molar-refractivity contribution in [3.8, 4) is 0 Å². The van der Waals surface area contributed by atoms with Crippen LogP contribution in [-0.2, 0) is 14.4 Å². The van der Waals surface area contributed by atoms with Crippen molar-refractivity contribution in [2.24, 2.45) is 5.73 Å². The van der Waals surface area contributed by atoms with Gasteiger partial charge in [0.05, 0.1) is 19.6 Å². The Balaban J connectivity index is 2.70. The minimum atomic E-state index is -1.19. The molecule has 0 aliphatic heterocycles. The van der Waals surface area contributed by atoms with E-state index in [9.17, 15) is 18.8 Å². The van der Waals surface area contributed by atoms with Crippen molar-refractivity contribution < 1.29 is 23.9 Å². The number of primary amides is 1. The third kappa shape index (κ3) is 6.00. The summed E-state index contributed by atoms with van der Waals surface area (Å²) in [6.45, 7) is 0.485. The summed E-state index contributed by atoms with van der Waals surface area (Å²) in [6.07, 6.45) is 0. The second-order valence-electron chi connectivity index (χ2n) is 4.51. The first kappa shape index (κ1) is 16.6.